The molecule has 0 aliphatic carbocycles. The molecule has 8 heteroatoms. The van der Waals surface area contributed by atoms with E-state index in [9.17, 15) is 14.9 Å². The molecule has 1 aliphatic heterocycles. The van der Waals surface area contributed by atoms with Gasteiger partial charge in [0.1, 0.15) is 0 Å². The number of hydrogen-bond acceptors (Lipinski definition) is 5. The lowest BCUT2D eigenvalue weighted by Crippen LogP contribution is -2.31. The predicted octanol–water partition coefficient (Wildman–Crippen LogP) is 6.36. The predicted molar refractivity (Wildman–Crippen MR) is 150 cm³/mol. The molecule has 0 spiro atoms. The van der Waals surface area contributed by atoms with E-state index in [-0.39, 0.29) is 17.6 Å². The topological polar surface area (TPSA) is 94.0 Å². The zero-order valence-electron chi connectivity index (χ0n) is 20.3. The number of allylic oxidation sites excluding steroid dienone is 2. The number of benzene rings is 3. The molecule has 3 aromatic carbocycles. The van der Waals surface area contributed by atoms with Gasteiger partial charge in [-0.15, -0.1) is 0 Å². The minimum Gasteiger partial charge on any atom is -0.353 e. The summed E-state index contributed by atoms with van der Waals surface area (Å²) in [6.07, 6.45) is 0. The molecule has 1 aliphatic rings. The van der Waals surface area contributed by atoms with Crippen LogP contribution in [-0.4, -0.2) is 17.6 Å². The fourth-order valence-corrected chi connectivity index (χ4v) is 5.24. The SMILES string of the molecule is CC1=C(C(=O)Nc2ccccc2)[C@H](c2ccccc2Cl)C(C#N)=C(SCC(=O)Nc2ccccc2C)N1. The lowest BCUT2D eigenvalue weighted by molar-refractivity contribution is -0.114. The van der Waals surface area contributed by atoms with E-state index in [0.717, 1.165) is 11.3 Å². The molecular formula is C29H25ClN4O2S. The number of nitrogens with one attached hydrogen (secondary N) is 3. The summed E-state index contributed by atoms with van der Waals surface area (Å²) in [4.78, 5) is 26.2. The van der Waals surface area contributed by atoms with Gasteiger partial charge in [0.2, 0.25) is 5.91 Å². The number of nitrogens with zero attached hydrogens (tertiary/aromatic N) is 1. The molecule has 0 aromatic heterocycles. The van der Waals surface area contributed by atoms with Crippen molar-refractivity contribution in [3.8, 4) is 6.07 Å². The molecule has 0 bridgehead atoms. The Labute approximate surface area is 225 Å². The number of rotatable bonds is 7. The summed E-state index contributed by atoms with van der Waals surface area (Å²) in [5, 5.41) is 20.2. The second-order valence-corrected chi connectivity index (χ2v) is 9.84. The Morgan fingerprint density at radius 1 is 0.973 bits per heavy atom. The van der Waals surface area contributed by atoms with Crippen LogP contribution in [0, 0.1) is 18.3 Å². The van der Waals surface area contributed by atoms with Crippen LogP contribution in [0.15, 0.2) is 101 Å². The maximum atomic E-state index is 13.5. The van der Waals surface area contributed by atoms with Gasteiger partial charge in [-0.25, -0.2) is 0 Å². The van der Waals surface area contributed by atoms with E-state index < -0.39 is 5.92 Å². The number of aryl methyl sites for hydroxylation is 1. The van der Waals surface area contributed by atoms with Crippen molar-refractivity contribution in [3.05, 3.63) is 117 Å². The lowest BCUT2D eigenvalue weighted by Gasteiger charge is -2.30. The minimum absolute atomic E-state index is 0.0793. The van der Waals surface area contributed by atoms with Gasteiger partial charge in [0.15, 0.2) is 0 Å². The van der Waals surface area contributed by atoms with Gasteiger partial charge in [-0.3, -0.25) is 9.59 Å². The molecule has 3 N–H and O–H groups in total. The third kappa shape index (κ3) is 6.05. The monoisotopic (exact) mass is 528 g/mol. The molecule has 186 valence electrons. The number of dihydropyridines is 1. The Balaban J connectivity index is 1.65. The Hall–Kier alpha value is -3.99. The Kier molecular flexibility index (Phi) is 8.34. The summed E-state index contributed by atoms with van der Waals surface area (Å²) in [6.45, 7) is 3.71. The molecule has 1 atom stereocenters. The highest BCUT2D eigenvalue weighted by Gasteiger charge is 2.36. The zero-order chi connectivity index (χ0) is 26.4. The first-order valence-corrected chi connectivity index (χ1v) is 13.0. The highest BCUT2D eigenvalue weighted by Crippen LogP contribution is 2.43. The van der Waals surface area contributed by atoms with Crippen LogP contribution in [0.5, 0.6) is 0 Å². The number of carbonyl (C=O) groups excluding carboxylic acids is 2. The second kappa shape index (κ2) is 11.8. The molecular weight excluding hydrogens is 504 g/mol. The van der Waals surface area contributed by atoms with Crippen LogP contribution in [-0.2, 0) is 9.59 Å². The van der Waals surface area contributed by atoms with Crippen LogP contribution in [0.3, 0.4) is 0 Å². The van der Waals surface area contributed by atoms with Gasteiger partial charge in [-0.1, -0.05) is 78.0 Å². The Morgan fingerprint density at radius 3 is 2.35 bits per heavy atom. The van der Waals surface area contributed by atoms with Crippen molar-refractivity contribution in [1.29, 1.82) is 5.26 Å². The maximum absolute atomic E-state index is 13.5. The number of hydrogen-bond donors (Lipinski definition) is 3. The van der Waals surface area contributed by atoms with Crippen molar-refractivity contribution in [2.24, 2.45) is 0 Å². The van der Waals surface area contributed by atoms with E-state index in [1.165, 1.54) is 11.8 Å². The first-order chi connectivity index (χ1) is 17.9. The highest BCUT2D eigenvalue weighted by atomic mass is 35.5. The molecule has 3 aromatic rings. The van der Waals surface area contributed by atoms with E-state index in [2.05, 4.69) is 22.0 Å². The van der Waals surface area contributed by atoms with Crippen molar-refractivity contribution < 1.29 is 9.59 Å². The number of nitriles is 1. The second-order valence-electron chi connectivity index (χ2n) is 8.44. The van der Waals surface area contributed by atoms with Gasteiger partial charge in [0, 0.05) is 27.7 Å². The van der Waals surface area contributed by atoms with Crippen molar-refractivity contribution in [3.63, 3.8) is 0 Å². The molecule has 1 heterocycles. The van der Waals surface area contributed by atoms with Gasteiger partial charge in [0.25, 0.3) is 5.91 Å². The number of anilines is 2. The molecule has 0 saturated carbocycles. The Morgan fingerprint density at radius 2 is 1.65 bits per heavy atom. The van der Waals surface area contributed by atoms with Crippen LogP contribution in [0.2, 0.25) is 5.02 Å². The van der Waals surface area contributed by atoms with Gasteiger partial charge >= 0.3 is 0 Å². The number of amides is 2. The van der Waals surface area contributed by atoms with Crippen LogP contribution in [0.25, 0.3) is 0 Å². The normalized spacial score (nSPS) is 15.0. The number of carbonyl (C=O) groups is 2. The molecule has 0 unspecified atom stereocenters. The van der Waals surface area contributed by atoms with E-state index in [1.54, 1.807) is 31.2 Å². The van der Waals surface area contributed by atoms with Crippen LogP contribution in [0.4, 0.5) is 11.4 Å². The number of para-hydroxylation sites is 2. The summed E-state index contributed by atoms with van der Waals surface area (Å²) in [7, 11) is 0. The summed E-state index contributed by atoms with van der Waals surface area (Å²) in [6, 6.07) is 26.1. The largest absolute Gasteiger partial charge is 0.353 e. The summed E-state index contributed by atoms with van der Waals surface area (Å²) in [5.74, 6) is -1.16. The van der Waals surface area contributed by atoms with Crippen LogP contribution >= 0.6 is 23.4 Å². The average molecular weight is 529 g/mol. The van der Waals surface area contributed by atoms with Gasteiger partial charge < -0.3 is 16.0 Å². The molecule has 2 amide bonds. The quantitative estimate of drug-likeness (QED) is 0.332. The molecule has 6 nitrogen and oxygen atoms in total. The fraction of sp³-hybridized carbons (Fsp3) is 0.138. The smallest absolute Gasteiger partial charge is 0.254 e. The molecule has 0 saturated heterocycles. The fourth-order valence-electron chi connectivity index (χ4n) is 4.10. The number of halogens is 1. The average Bonchev–Trinajstić information content (AvgIpc) is 2.89. The van der Waals surface area contributed by atoms with Gasteiger partial charge in [0.05, 0.1) is 28.3 Å². The van der Waals surface area contributed by atoms with Gasteiger partial charge in [-0.2, -0.15) is 5.26 Å². The van der Waals surface area contributed by atoms with Crippen LogP contribution in [0.1, 0.15) is 24.0 Å². The minimum atomic E-state index is -0.703. The summed E-state index contributed by atoms with van der Waals surface area (Å²) in [5.41, 5.74) is 4.28. The molecule has 37 heavy (non-hydrogen) atoms. The lowest BCUT2D eigenvalue weighted by atomic mass is 9.82. The molecule has 0 fully saturated rings. The van der Waals surface area contributed by atoms with Crippen molar-refractivity contribution >= 4 is 46.6 Å². The van der Waals surface area contributed by atoms with E-state index in [0.29, 0.717) is 38.1 Å². The zero-order valence-corrected chi connectivity index (χ0v) is 21.9. The third-order valence-corrected chi connectivity index (χ3v) is 7.27. The van der Waals surface area contributed by atoms with E-state index in [4.69, 9.17) is 11.6 Å². The highest BCUT2D eigenvalue weighted by molar-refractivity contribution is 8.03. The standard InChI is InChI=1S/C29H25ClN4O2S/c1-18-10-6-9-15-24(18)34-25(35)17-37-29-22(16-31)27(21-13-7-8-14-23(21)30)26(19(2)32-29)28(36)33-20-11-4-3-5-12-20/h3-15,27,32H,17H2,1-2H3,(H,33,36)(H,34,35)/t27-/m1/s1. The first kappa shape index (κ1) is 26.1. The van der Waals surface area contributed by atoms with Crippen molar-refractivity contribution in [2.75, 3.05) is 16.4 Å². The maximum Gasteiger partial charge on any atom is 0.254 e. The number of thioether (sulfide) groups is 1. The van der Waals surface area contributed by atoms with E-state index >= 15 is 0 Å². The summed E-state index contributed by atoms with van der Waals surface area (Å²) < 4.78 is 0. The van der Waals surface area contributed by atoms with Crippen molar-refractivity contribution in [2.45, 2.75) is 19.8 Å². The Bertz CT molecular complexity index is 1440. The van der Waals surface area contributed by atoms with Crippen molar-refractivity contribution in [1.82, 2.24) is 5.32 Å². The molecule has 4 rings (SSSR count). The van der Waals surface area contributed by atoms with Crippen LogP contribution < -0.4 is 16.0 Å². The molecule has 0 radical (unpaired) electrons. The third-order valence-electron chi connectivity index (χ3n) is 5.91. The van der Waals surface area contributed by atoms with E-state index in [1.807, 2.05) is 61.5 Å². The first-order valence-electron chi connectivity index (χ1n) is 11.6. The van der Waals surface area contributed by atoms with Gasteiger partial charge in [-0.05, 0) is 49.2 Å². The summed E-state index contributed by atoms with van der Waals surface area (Å²) >= 11 is 7.77.